The molecule has 0 bridgehead atoms. The molecule has 25 heavy (non-hydrogen) atoms. The molecule has 8 heteroatoms. The monoisotopic (exact) mass is 356 g/mol. The van der Waals surface area contributed by atoms with Crippen molar-refractivity contribution in [3.8, 4) is 0 Å². The van der Waals surface area contributed by atoms with Gasteiger partial charge in [0.2, 0.25) is 5.91 Å². The molecule has 3 aromatic rings. The standard InChI is InChI=1S/C17H16N4O3S/c1-12(22)20-14-6-8-15(9-7-14)25(23,24)21-19-11-13-10-18-17-5-3-2-4-16(13)17/h2-11,18,21H,1H3,(H,20,22). The summed E-state index contributed by atoms with van der Waals surface area (Å²) in [6.07, 6.45) is 3.20. The number of hydrogen-bond donors (Lipinski definition) is 3. The lowest BCUT2D eigenvalue weighted by Crippen LogP contribution is -2.18. The van der Waals surface area contributed by atoms with Gasteiger partial charge in [-0.2, -0.15) is 13.5 Å². The van der Waals surface area contributed by atoms with Crippen LogP contribution >= 0.6 is 0 Å². The fourth-order valence-electron chi connectivity index (χ4n) is 2.34. The molecule has 0 fully saturated rings. The summed E-state index contributed by atoms with van der Waals surface area (Å²) in [7, 11) is -3.78. The number of benzene rings is 2. The van der Waals surface area contributed by atoms with E-state index in [1.807, 2.05) is 24.3 Å². The molecule has 2 aromatic carbocycles. The quantitative estimate of drug-likeness (QED) is 0.483. The van der Waals surface area contributed by atoms with Gasteiger partial charge in [-0.1, -0.05) is 18.2 Å². The van der Waals surface area contributed by atoms with Crippen LogP contribution in [0.25, 0.3) is 10.9 Å². The van der Waals surface area contributed by atoms with E-state index >= 15 is 0 Å². The van der Waals surface area contributed by atoms with Crippen molar-refractivity contribution in [1.82, 2.24) is 9.82 Å². The van der Waals surface area contributed by atoms with Crippen LogP contribution in [0.1, 0.15) is 12.5 Å². The predicted octanol–water partition coefficient (Wildman–Crippen LogP) is 2.44. The second-order valence-electron chi connectivity index (χ2n) is 5.35. The molecule has 3 rings (SSSR count). The second kappa shape index (κ2) is 6.78. The van der Waals surface area contributed by atoms with Gasteiger partial charge in [-0.15, -0.1) is 0 Å². The number of carbonyl (C=O) groups is 1. The van der Waals surface area contributed by atoms with E-state index < -0.39 is 10.0 Å². The van der Waals surface area contributed by atoms with E-state index in [9.17, 15) is 13.2 Å². The summed E-state index contributed by atoms with van der Waals surface area (Å²) in [5.41, 5.74) is 2.24. The molecule has 7 nitrogen and oxygen atoms in total. The Labute approximate surface area is 144 Å². The molecule has 1 aromatic heterocycles. The van der Waals surface area contributed by atoms with Crippen LogP contribution in [-0.2, 0) is 14.8 Å². The third-order valence-corrected chi connectivity index (χ3v) is 4.72. The van der Waals surface area contributed by atoms with Gasteiger partial charge in [0, 0.05) is 35.3 Å². The maximum atomic E-state index is 12.2. The summed E-state index contributed by atoms with van der Waals surface area (Å²) < 4.78 is 24.5. The molecule has 0 aliphatic rings. The van der Waals surface area contributed by atoms with Crippen molar-refractivity contribution in [3.63, 3.8) is 0 Å². The minimum Gasteiger partial charge on any atom is -0.361 e. The largest absolute Gasteiger partial charge is 0.361 e. The average molecular weight is 356 g/mol. The number of nitrogens with one attached hydrogen (secondary N) is 3. The highest BCUT2D eigenvalue weighted by Gasteiger charge is 2.12. The first-order valence-corrected chi connectivity index (χ1v) is 8.93. The molecule has 3 N–H and O–H groups in total. The zero-order valence-electron chi connectivity index (χ0n) is 13.4. The van der Waals surface area contributed by atoms with Crippen molar-refractivity contribution < 1.29 is 13.2 Å². The van der Waals surface area contributed by atoms with Gasteiger partial charge in [-0.25, -0.2) is 4.83 Å². The van der Waals surface area contributed by atoms with Gasteiger partial charge < -0.3 is 10.3 Å². The Hall–Kier alpha value is -3.13. The number of para-hydroxylation sites is 1. The van der Waals surface area contributed by atoms with Gasteiger partial charge >= 0.3 is 0 Å². The summed E-state index contributed by atoms with van der Waals surface area (Å²) in [4.78, 5) is 16.3. The second-order valence-corrected chi connectivity index (χ2v) is 7.01. The van der Waals surface area contributed by atoms with E-state index in [-0.39, 0.29) is 10.8 Å². The lowest BCUT2D eigenvalue weighted by atomic mass is 10.2. The summed E-state index contributed by atoms with van der Waals surface area (Å²) in [5.74, 6) is -0.225. The predicted molar refractivity (Wildman–Crippen MR) is 97.0 cm³/mol. The van der Waals surface area contributed by atoms with Crippen molar-refractivity contribution in [2.45, 2.75) is 11.8 Å². The molecule has 1 amide bonds. The molecule has 1 heterocycles. The number of nitrogens with zero attached hydrogens (tertiary/aromatic N) is 1. The summed E-state index contributed by atoms with van der Waals surface area (Å²) in [6, 6.07) is 13.5. The zero-order valence-corrected chi connectivity index (χ0v) is 14.2. The molecule has 0 saturated heterocycles. The summed E-state index contributed by atoms with van der Waals surface area (Å²) >= 11 is 0. The lowest BCUT2D eigenvalue weighted by Gasteiger charge is -2.05. The maximum Gasteiger partial charge on any atom is 0.276 e. The van der Waals surface area contributed by atoms with Crippen LogP contribution in [0.3, 0.4) is 0 Å². The molecule has 0 unspecified atom stereocenters. The van der Waals surface area contributed by atoms with E-state index in [0.717, 1.165) is 16.5 Å². The van der Waals surface area contributed by atoms with Crippen LogP contribution in [0.4, 0.5) is 5.69 Å². The Morgan fingerprint density at radius 3 is 2.56 bits per heavy atom. The number of aromatic nitrogens is 1. The number of aromatic amines is 1. The smallest absolute Gasteiger partial charge is 0.276 e. The molecule has 0 radical (unpaired) electrons. The Morgan fingerprint density at radius 2 is 1.84 bits per heavy atom. The van der Waals surface area contributed by atoms with Gasteiger partial charge in [0.15, 0.2) is 0 Å². The highest BCUT2D eigenvalue weighted by atomic mass is 32.2. The fraction of sp³-hybridized carbons (Fsp3) is 0.0588. The molecular formula is C17H16N4O3S. The van der Waals surface area contributed by atoms with Gasteiger partial charge in [0.25, 0.3) is 10.0 Å². The highest BCUT2D eigenvalue weighted by Crippen LogP contribution is 2.16. The summed E-state index contributed by atoms with van der Waals surface area (Å²) in [6.45, 7) is 1.38. The normalized spacial score (nSPS) is 11.7. The van der Waals surface area contributed by atoms with Crippen LogP contribution < -0.4 is 10.1 Å². The van der Waals surface area contributed by atoms with Crippen molar-refractivity contribution in [3.05, 3.63) is 60.3 Å². The Kier molecular flexibility index (Phi) is 4.53. The van der Waals surface area contributed by atoms with Crippen LogP contribution in [0.5, 0.6) is 0 Å². The molecule has 0 aliphatic carbocycles. The Bertz CT molecular complexity index is 1040. The molecule has 0 aliphatic heterocycles. The number of sulfonamides is 1. The minimum absolute atomic E-state index is 0.0534. The number of carbonyl (C=O) groups excluding carboxylic acids is 1. The number of amides is 1. The van der Waals surface area contributed by atoms with E-state index in [4.69, 9.17) is 0 Å². The molecule has 0 spiro atoms. The number of fused-ring (bicyclic) bond motifs is 1. The number of hydrazone groups is 1. The molecular weight excluding hydrogens is 340 g/mol. The first-order chi connectivity index (χ1) is 12.0. The number of rotatable bonds is 5. The zero-order chi connectivity index (χ0) is 17.9. The van der Waals surface area contributed by atoms with Gasteiger partial charge in [0.05, 0.1) is 11.1 Å². The highest BCUT2D eigenvalue weighted by molar-refractivity contribution is 7.89. The molecule has 128 valence electrons. The van der Waals surface area contributed by atoms with Crippen molar-refractivity contribution in [2.24, 2.45) is 5.10 Å². The van der Waals surface area contributed by atoms with Crippen LogP contribution in [0.2, 0.25) is 0 Å². The number of H-pyrrole nitrogens is 1. The van der Waals surface area contributed by atoms with E-state index in [1.165, 1.54) is 37.4 Å². The first kappa shape index (κ1) is 16.7. The fourth-order valence-corrected chi connectivity index (χ4v) is 3.13. The van der Waals surface area contributed by atoms with Crippen molar-refractivity contribution in [1.29, 1.82) is 0 Å². The Morgan fingerprint density at radius 1 is 1.12 bits per heavy atom. The van der Waals surface area contributed by atoms with Crippen molar-refractivity contribution in [2.75, 3.05) is 5.32 Å². The lowest BCUT2D eigenvalue weighted by molar-refractivity contribution is -0.114. The third-order valence-electron chi connectivity index (χ3n) is 3.48. The van der Waals surface area contributed by atoms with E-state index in [2.05, 4.69) is 20.2 Å². The van der Waals surface area contributed by atoms with Gasteiger partial charge in [0.1, 0.15) is 0 Å². The van der Waals surface area contributed by atoms with Crippen LogP contribution in [-0.4, -0.2) is 25.5 Å². The number of hydrogen-bond acceptors (Lipinski definition) is 4. The van der Waals surface area contributed by atoms with E-state index in [1.54, 1.807) is 6.20 Å². The molecule has 0 saturated carbocycles. The third kappa shape index (κ3) is 3.86. The SMILES string of the molecule is CC(=O)Nc1ccc(S(=O)(=O)NN=Cc2c[nH]c3ccccc23)cc1. The van der Waals surface area contributed by atoms with Gasteiger partial charge in [-0.3, -0.25) is 4.79 Å². The summed E-state index contributed by atoms with van der Waals surface area (Å²) in [5, 5.41) is 7.35. The number of anilines is 1. The van der Waals surface area contributed by atoms with Gasteiger partial charge in [-0.05, 0) is 30.3 Å². The van der Waals surface area contributed by atoms with Crippen LogP contribution in [0, 0.1) is 0 Å². The maximum absolute atomic E-state index is 12.2. The molecule has 0 atom stereocenters. The van der Waals surface area contributed by atoms with Crippen LogP contribution in [0.15, 0.2) is 64.7 Å². The minimum atomic E-state index is -3.78. The average Bonchev–Trinajstić information content (AvgIpc) is 2.98. The Balaban J connectivity index is 1.74. The first-order valence-electron chi connectivity index (χ1n) is 7.44. The van der Waals surface area contributed by atoms with Crippen molar-refractivity contribution >= 4 is 38.7 Å². The van der Waals surface area contributed by atoms with E-state index in [0.29, 0.717) is 5.69 Å². The topological polar surface area (TPSA) is 103 Å².